The van der Waals surface area contributed by atoms with Crippen molar-refractivity contribution in [2.75, 3.05) is 6.54 Å². The van der Waals surface area contributed by atoms with Crippen molar-refractivity contribution in [1.29, 1.82) is 0 Å². The molecule has 0 aliphatic carbocycles. The highest BCUT2D eigenvalue weighted by atomic mass is 32.1. The van der Waals surface area contributed by atoms with Gasteiger partial charge in [-0.3, -0.25) is 0 Å². The molecule has 2 aromatic rings. The number of thiophene rings is 1. The van der Waals surface area contributed by atoms with Gasteiger partial charge in [0, 0.05) is 17.8 Å². The summed E-state index contributed by atoms with van der Waals surface area (Å²) in [6.07, 6.45) is 0. The van der Waals surface area contributed by atoms with E-state index in [2.05, 4.69) is 35.7 Å². The fraction of sp³-hybridized carbons (Fsp3) is 0.364. The smallest absolute Gasteiger partial charge is 0.133 e. The minimum absolute atomic E-state index is 0.357. The monoisotopic (exact) mass is 238 g/mol. The molecule has 2 nitrogen and oxygen atoms in total. The standard InChI is InChI=1S/C11H14N2S2/c1-7-3-4-14-10(7)11-13-9(6-15-11)8(2)5-12/h3-4,6,8H,5,12H2,1-2H3. The molecule has 0 saturated heterocycles. The molecule has 0 fully saturated rings. The molecular weight excluding hydrogens is 224 g/mol. The highest BCUT2D eigenvalue weighted by molar-refractivity contribution is 7.20. The van der Waals surface area contributed by atoms with Crippen molar-refractivity contribution >= 4 is 22.7 Å². The molecule has 0 aromatic carbocycles. The highest BCUT2D eigenvalue weighted by Gasteiger charge is 2.11. The van der Waals surface area contributed by atoms with Gasteiger partial charge in [0.15, 0.2) is 0 Å². The van der Waals surface area contributed by atoms with Gasteiger partial charge in [-0.05, 0) is 23.9 Å². The fourth-order valence-corrected chi connectivity index (χ4v) is 3.37. The van der Waals surface area contributed by atoms with Crippen molar-refractivity contribution < 1.29 is 0 Å². The summed E-state index contributed by atoms with van der Waals surface area (Å²) in [6, 6.07) is 2.13. The quantitative estimate of drug-likeness (QED) is 0.891. The predicted octanol–water partition coefficient (Wildman–Crippen LogP) is 3.24. The fourth-order valence-electron chi connectivity index (χ4n) is 1.33. The summed E-state index contributed by atoms with van der Waals surface area (Å²) in [6.45, 7) is 4.89. The van der Waals surface area contributed by atoms with E-state index in [4.69, 9.17) is 5.73 Å². The molecule has 2 aromatic heterocycles. The van der Waals surface area contributed by atoms with Gasteiger partial charge in [0.2, 0.25) is 0 Å². The summed E-state index contributed by atoms with van der Waals surface area (Å²) in [7, 11) is 0. The largest absolute Gasteiger partial charge is 0.330 e. The minimum Gasteiger partial charge on any atom is -0.330 e. The van der Waals surface area contributed by atoms with Crippen molar-refractivity contribution in [3.8, 4) is 9.88 Å². The second-order valence-electron chi connectivity index (χ2n) is 3.65. The predicted molar refractivity (Wildman–Crippen MR) is 67.6 cm³/mol. The third-order valence-electron chi connectivity index (χ3n) is 2.44. The third-order valence-corrected chi connectivity index (χ3v) is 4.47. The second-order valence-corrected chi connectivity index (χ2v) is 5.42. The Morgan fingerprint density at radius 3 is 2.87 bits per heavy atom. The Balaban J connectivity index is 2.32. The minimum atomic E-state index is 0.357. The van der Waals surface area contributed by atoms with Crippen molar-refractivity contribution in [1.82, 2.24) is 4.98 Å². The molecule has 1 atom stereocenters. The zero-order valence-electron chi connectivity index (χ0n) is 8.86. The molecule has 1 unspecified atom stereocenters. The molecule has 0 bridgehead atoms. The van der Waals surface area contributed by atoms with E-state index in [0.29, 0.717) is 12.5 Å². The average molecular weight is 238 g/mol. The average Bonchev–Trinajstić information content (AvgIpc) is 2.84. The number of rotatable bonds is 3. The van der Waals surface area contributed by atoms with Crippen LogP contribution in [0.2, 0.25) is 0 Å². The van der Waals surface area contributed by atoms with E-state index < -0.39 is 0 Å². The molecular formula is C11H14N2S2. The maximum atomic E-state index is 5.63. The van der Waals surface area contributed by atoms with E-state index in [-0.39, 0.29) is 0 Å². The van der Waals surface area contributed by atoms with Crippen molar-refractivity contribution in [3.63, 3.8) is 0 Å². The van der Waals surface area contributed by atoms with Crippen molar-refractivity contribution in [3.05, 3.63) is 28.1 Å². The van der Waals surface area contributed by atoms with Gasteiger partial charge in [0.1, 0.15) is 5.01 Å². The first-order valence-electron chi connectivity index (χ1n) is 4.92. The summed E-state index contributed by atoms with van der Waals surface area (Å²) >= 11 is 3.46. The lowest BCUT2D eigenvalue weighted by Gasteiger charge is -2.02. The lowest BCUT2D eigenvalue weighted by Crippen LogP contribution is -2.08. The molecule has 0 spiro atoms. The molecule has 0 radical (unpaired) electrons. The number of aromatic nitrogens is 1. The van der Waals surface area contributed by atoms with Crippen LogP contribution in [0.15, 0.2) is 16.8 Å². The molecule has 0 aliphatic heterocycles. The molecule has 4 heteroatoms. The molecule has 0 aliphatic rings. The maximum Gasteiger partial charge on any atom is 0.133 e. The van der Waals surface area contributed by atoms with Gasteiger partial charge in [-0.1, -0.05) is 6.92 Å². The van der Waals surface area contributed by atoms with Crippen molar-refractivity contribution in [2.24, 2.45) is 5.73 Å². The Kier molecular flexibility index (Phi) is 3.19. The topological polar surface area (TPSA) is 38.9 Å². The lowest BCUT2D eigenvalue weighted by atomic mass is 10.1. The molecule has 2 heterocycles. The van der Waals surface area contributed by atoms with Crippen LogP contribution in [0.5, 0.6) is 0 Å². The highest BCUT2D eigenvalue weighted by Crippen LogP contribution is 2.32. The molecule has 2 N–H and O–H groups in total. The van der Waals surface area contributed by atoms with E-state index in [1.807, 2.05) is 0 Å². The summed E-state index contributed by atoms with van der Waals surface area (Å²) in [5, 5.41) is 5.35. The van der Waals surface area contributed by atoms with Crippen LogP contribution in [0.1, 0.15) is 24.1 Å². The van der Waals surface area contributed by atoms with Gasteiger partial charge in [-0.25, -0.2) is 4.98 Å². The van der Waals surface area contributed by atoms with Crippen molar-refractivity contribution in [2.45, 2.75) is 19.8 Å². The molecule has 15 heavy (non-hydrogen) atoms. The Hall–Kier alpha value is -0.710. The normalized spacial score (nSPS) is 13.0. The van der Waals surface area contributed by atoms with Crippen LogP contribution in [-0.4, -0.2) is 11.5 Å². The Morgan fingerprint density at radius 2 is 2.27 bits per heavy atom. The summed E-state index contributed by atoms with van der Waals surface area (Å²) in [5.41, 5.74) is 8.05. The third kappa shape index (κ3) is 2.12. The summed E-state index contributed by atoms with van der Waals surface area (Å²) in [5.74, 6) is 0.357. The van der Waals surface area contributed by atoms with Crippen LogP contribution in [0.3, 0.4) is 0 Å². The van der Waals surface area contributed by atoms with Crippen LogP contribution < -0.4 is 5.73 Å². The first-order valence-corrected chi connectivity index (χ1v) is 6.68. The Morgan fingerprint density at radius 1 is 1.47 bits per heavy atom. The Labute approximate surface area is 97.8 Å². The molecule has 0 saturated carbocycles. The summed E-state index contributed by atoms with van der Waals surface area (Å²) in [4.78, 5) is 5.92. The van der Waals surface area contributed by atoms with Crippen LogP contribution in [-0.2, 0) is 0 Å². The second kappa shape index (κ2) is 4.43. The van der Waals surface area contributed by atoms with E-state index in [1.165, 1.54) is 10.4 Å². The first kappa shape index (κ1) is 10.8. The van der Waals surface area contributed by atoms with Gasteiger partial charge >= 0.3 is 0 Å². The van der Waals surface area contributed by atoms with Crippen LogP contribution in [0.25, 0.3) is 9.88 Å². The molecule has 80 valence electrons. The van der Waals surface area contributed by atoms with E-state index >= 15 is 0 Å². The van der Waals surface area contributed by atoms with Crippen LogP contribution >= 0.6 is 22.7 Å². The van der Waals surface area contributed by atoms with Gasteiger partial charge in [-0.2, -0.15) is 0 Å². The number of thiazole rings is 1. The van der Waals surface area contributed by atoms with Crippen LogP contribution in [0, 0.1) is 6.92 Å². The van der Waals surface area contributed by atoms with E-state index in [0.717, 1.165) is 10.7 Å². The number of hydrogen-bond acceptors (Lipinski definition) is 4. The van der Waals surface area contributed by atoms with Gasteiger partial charge in [-0.15, -0.1) is 22.7 Å². The molecule has 0 amide bonds. The van der Waals surface area contributed by atoms with E-state index in [9.17, 15) is 0 Å². The Bertz CT molecular complexity index is 445. The maximum absolute atomic E-state index is 5.63. The zero-order chi connectivity index (χ0) is 10.8. The van der Waals surface area contributed by atoms with Gasteiger partial charge in [0.05, 0.1) is 10.6 Å². The molecule has 2 rings (SSSR count). The summed E-state index contributed by atoms with van der Waals surface area (Å²) < 4.78 is 0. The first-order chi connectivity index (χ1) is 7.22. The number of nitrogens with two attached hydrogens (primary N) is 1. The SMILES string of the molecule is Cc1ccsc1-c1nc(C(C)CN)cs1. The number of nitrogens with zero attached hydrogens (tertiary/aromatic N) is 1. The zero-order valence-corrected chi connectivity index (χ0v) is 10.5. The number of hydrogen-bond donors (Lipinski definition) is 1. The van der Waals surface area contributed by atoms with Gasteiger partial charge < -0.3 is 5.73 Å². The van der Waals surface area contributed by atoms with Gasteiger partial charge in [0.25, 0.3) is 0 Å². The van der Waals surface area contributed by atoms with E-state index in [1.54, 1.807) is 22.7 Å². The number of aryl methyl sites for hydroxylation is 1. The lowest BCUT2D eigenvalue weighted by molar-refractivity contribution is 0.752. The van der Waals surface area contributed by atoms with Crippen LogP contribution in [0.4, 0.5) is 0 Å².